The van der Waals surface area contributed by atoms with E-state index in [1.807, 2.05) is 30.3 Å². The van der Waals surface area contributed by atoms with Gasteiger partial charge in [0, 0.05) is 37.0 Å². The van der Waals surface area contributed by atoms with Crippen molar-refractivity contribution in [2.75, 3.05) is 18.9 Å². The summed E-state index contributed by atoms with van der Waals surface area (Å²) in [7, 11) is 3.84. The number of hydrogen-bond donors (Lipinski definition) is 1. The number of amides is 1. The number of carbonyl (C=O) groups is 1. The summed E-state index contributed by atoms with van der Waals surface area (Å²) >= 11 is 0. The number of nitrogens with one attached hydrogen (secondary N) is 1. The molecule has 196 valence electrons. The molecule has 38 heavy (non-hydrogen) atoms. The highest BCUT2D eigenvalue weighted by atomic mass is 19.4. The molecule has 5 rings (SSSR count). The maximum absolute atomic E-state index is 12.9. The van der Waals surface area contributed by atoms with E-state index in [1.54, 1.807) is 23.7 Å². The Hall–Kier alpha value is -4.18. The molecular formula is C28H26F3N5O2. The first-order valence-corrected chi connectivity index (χ1v) is 12.1. The van der Waals surface area contributed by atoms with Crippen LogP contribution in [0.5, 0.6) is 5.75 Å². The van der Waals surface area contributed by atoms with Gasteiger partial charge in [-0.15, -0.1) is 10.2 Å². The molecule has 1 aliphatic rings. The molecule has 4 aromatic rings. The minimum absolute atomic E-state index is 0.0456. The normalized spacial score (nSPS) is 13.7. The lowest BCUT2D eigenvalue weighted by atomic mass is 9.97. The maximum atomic E-state index is 12.9. The van der Waals surface area contributed by atoms with Crippen LogP contribution in [0, 0.1) is 0 Å². The van der Waals surface area contributed by atoms with E-state index in [0.29, 0.717) is 22.9 Å². The lowest BCUT2D eigenvalue weighted by molar-refractivity contribution is -0.137. The standard InChI is InChI=1S/C28H26F3N5O2/c1-35-13-12-19-14-20(6-7-21(19)16-35)27(37)32-23-10-8-18(9-11-23)26-34-33-25(36(26)2)17-38-24-5-3-4-22(15-24)28(29,30)31/h3-11,14-15H,12-13,16-17H2,1-2H3,(H,32,37). The van der Waals surface area contributed by atoms with Crippen molar-refractivity contribution in [3.05, 3.63) is 94.8 Å². The first kappa shape index (κ1) is 25.5. The summed E-state index contributed by atoms with van der Waals surface area (Å²) in [6.07, 6.45) is -3.52. The van der Waals surface area contributed by atoms with Crippen molar-refractivity contribution < 1.29 is 22.7 Å². The van der Waals surface area contributed by atoms with E-state index in [0.717, 1.165) is 37.2 Å². The second kappa shape index (κ2) is 10.3. The first-order valence-electron chi connectivity index (χ1n) is 12.1. The van der Waals surface area contributed by atoms with Gasteiger partial charge >= 0.3 is 6.18 Å². The van der Waals surface area contributed by atoms with Gasteiger partial charge < -0.3 is 19.5 Å². The third-order valence-electron chi connectivity index (χ3n) is 6.57. The summed E-state index contributed by atoms with van der Waals surface area (Å²) < 4.78 is 46.1. The van der Waals surface area contributed by atoms with Crippen LogP contribution in [0.2, 0.25) is 0 Å². The fraction of sp³-hybridized carbons (Fsp3) is 0.250. The first-order chi connectivity index (χ1) is 18.2. The van der Waals surface area contributed by atoms with E-state index < -0.39 is 11.7 Å². The highest BCUT2D eigenvalue weighted by molar-refractivity contribution is 6.04. The Morgan fingerprint density at radius 1 is 1.00 bits per heavy atom. The molecular weight excluding hydrogens is 495 g/mol. The van der Waals surface area contributed by atoms with Gasteiger partial charge in [-0.2, -0.15) is 13.2 Å². The summed E-state index contributed by atoms with van der Waals surface area (Å²) in [5.74, 6) is 0.932. The molecule has 1 aromatic heterocycles. The lowest BCUT2D eigenvalue weighted by Gasteiger charge is -2.25. The molecule has 0 radical (unpaired) electrons. The molecule has 0 bridgehead atoms. The third kappa shape index (κ3) is 5.55. The molecule has 7 nitrogen and oxygen atoms in total. The number of nitrogens with zero attached hydrogens (tertiary/aromatic N) is 4. The molecule has 3 aromatic carbocycles. The summed E-state index contributed by atoms with van der Waals surface area (Å²) in [5.41, 5.74) is 3.72. The molecule has 0 saturated heterocycles. The number of benzene rings is 3. The number of rotatable bonds is 6. The van der Waals surface area contributed by atoms with Gasteiger partial charge in [-0.25, -0.2) is 0 Å². The van der Waals surface area contributed by atoms with Crippen molar-refractivity contribution in [3.8, 4) is 17.1 Å². The molecule has 0 aliphatic carbocycles. The summed E-state index contributed by atoms with van der Waals surface area (Å²) in [6.45, 7) is 1.82. The van der Waals surface area contributed by atoms with Crippen molar-refractivity contribution in [1.82, 2.24) is 19.7 Å². The fourth-order valence-electron chi connectivity index (χ4n) is 4.39. The number of anilines is 1. The molecule has 0 unspecified atom stereocenters. The van der Waals surface area contributed by atoms with Gasteiger partial charge in [-0.3, -0.25) is 4.79 Å². The van der Waals surface area contributed by atoms with Crippen LogP contribution in [0.25, 0.3) is 11.4 Å². The van der Waals surface area contributed by atoms with Crippen molar-refractivity contribution >= 4 is 11.6 Å². The Morgan fingerprint density at radius 2 is 1.79 bits per heavy atom. The smallest absolute Gasteiger partial charge is 0.416 e. The molecule has 0 atom stereocenters. The van der Waals surface area contributed by atoms with Crippen LogP contribution in [0.4, 0.5) is 18.9 Å². The van der Waals surface area contributed by atoms with Crippen LogP contribution < -0.4 is 10.1 Å². The average molecular weight is 522 g/mol. The molecule has 1 N–H and O–H groups in total. The lowest BCUT2D eigenvalue weighted by Crippen LogP contribution is -2.26. The van der Waals surface area contributed by atoms with Gasteiger partial charge in [0.1, 0.15) is 12.4 Å². The average Bonchev–Trinajstić information content (AvgIpc) is 3.27. The van der Waals surface area contributed by atoms with E-state index in [1.165, 1.54) is 23.3 Å². The van der Waals surface area contributed by atoms with Gasteiger partial charge in [-0.05, 0) is 79.2 Å². The van der Waals surface area contributed by atoms with Crippen molar-refractivity contribution in [2.45, 2.75) is 25.7 Å². The molecule has 0 fully saturated rings. The number of carbonyl (C=O) groups excluding carboxylic acids is 1. The Balaban J connectivity index is 1.23. The van der Waals surface area contributed by atoms with Gasteiger partial charge in [0.15, 0.2) is 11.6 Å². The Morgan fingerprint density at radius 3 is 2.55 bits per heavy atom. The van der Waals surface area contributed by atoms with Gasteiger partial charge in [0.25, 0.3) is 5.91 Å². The predicted octanol–water partition coefficient (Wildman–Crippen LogP) is 5.32. The highest BCUT2D eigenvalue weighted by Gasteiger charge is 2.30. The maximum Gasteiger partial charge on any atom is 0.416 e. The summed E-state index contributed by atoms with van der Waals surface area (Å²) in [4.78, 5) is 15.1. The van der Waals surface area contributed by atoms with Crippen molar-refractivity contribution in [2.24, 2.45) is 7.05 Å². The van der Waals surface area contributed by atoms with Crippen LogP contribution in [0.15, 0.2) is 66.7 Å². The summed E-state index contributed by atoms with van der Waals surface area (Å²) in [5, 5.41) is 11.3. The van der Waals surface area contributed by atoms with Crippen molar-refractivity contribution in [3.63, 3.8) is 0 Å². The number of ether oxygens (including phenoxy) is 1. The van der Waals surface area contributed by atoms with Gasteiger partial charge in [-0.1, -0.05) is 12.1 Å². The van der Waals surface area contributed by atoms with Crippen LogP contribution in [-0.4, -0.2) is 39.2 Å². The quantitative estimate of drug-likeness (QED) is 0.372. The molecule has 1 amide bonds. The number of halogens is 3. The molecule has 0 spiro atoms. The number of fused-ring (bicyclic) bond motifs is 1. The monoisotopic (exact) mass is 521 g/mol. The second-order valence-corrected chi connectivity index (χ2v) is 9.32. The minimum Gasteiger partial charge on any atom is -0.486 e. The fourth-order valence-corrected chi connectivity index (χ4v) is 4.39. The van der Waals surface area contributed by atoms with Crippen LogP contribution in [-0.2, 0) is 32.8 Å². The SMILES string of the molecule is CN1CCc2cc(C(=O)Nc3ccc(-c4nnc(COc5cccc(C(F)(F)F)c5)n4C)cc3)ccc2C1. The van der Waals surface area contributed by atoms with E-state index in [-0.39, 0.29) is 18.3 Å². The highest BCUT2D eigenvalue weighted by Crippen LogP contribution is 2.31. The van der Waals surface area contributed by atoms with Crippen LogP contribution >= 0.6 is 0 Å². The van der Waals surface area contributed by atoms with Gasteiger partial charge in [0.05, 0.1) is 5.56 Å². The van der Waals surface area contributed by atoms with E-state index in [4.69, 9.17) is 4.74 Å². The minimum atomic E-state index is -4.44. The van der Waals surface area contributed by atoms with E-state index in [9.17, 15) is 18.0 Å². The zero-order valence-corrected chi connectivity index (χ0v) is 20.9. The Labute approximate surface area is 217 Å². The third-order valence-corrected chi connectivity index (χ3v) is 6.57. The molecule has 0 saturated carbocycles. The van der Waals surface area contributed by atoms with Gasteiger partial charge in [0.2, 0.25) is 0 Å². The van der Waals surface area contributed by atoms with E-state index >= 15 is 0 Å². The Kier molecular flexibility index (Phi) is 6.90. The number of likely N-dealkylation sites (N-methyl/N-ethyl adjacent to an activating group) is 1. The zero-order valence-electron chi connectivity index (χ0n) is 20.9. The summed E-state index contributed by atoms with van der Waals surface area (Å²) in [6, 6.07) is 17.7. The molecule has 2 heterocycles. The Bertz CT molecular complexity index is 1460. The number of alkyl halides is 3. The van der Waals surface area contributed by atoms with E-state index in [2.05, 4.69) is 27.5 Å². The predicted molar refractivity (Wildman–Crippen MR) is 137 cm³/mol. The second-order valence-electron chi connectivity index (χ2n) is 9.32. The molecule has 10 heteroatoms. The van der Waals surface area contributed by atoms with Crippen LogP contribution in [0.1, 0.15) is 32.9 Å². The topological polar surface area (TPSA) is 72.3 Å². The van der Waals surface area contributed by atoms with Crippen LogP contribution in [0.3, 0.4) is 0 Å². The zero-order chi connectivity index (χ0) is 26.9. The number of hydrogen-bond acceptors (Lipinski definition) is 5. The number of aromatic nitrogens is 3. The largest absolute Gasteiger partial charge is 0.486 e. The molecule has 1 aliphatic heterocycles. The van der Waals surface area contributed by atoms with Crippen molar-refractivity contribution in [1.29, 1.82) is 0 Å².